The molecule has 0 atom stereocenters. The number of nitrogens with zero attached hydrogens (tertiary/aromatic N) is 2. The number of hydrogen-bond acceptors (Lipinski definition) is 3. The van der Waals surface area contributed by atoms with E-state index < -0.39 is 0 Å². The maximum Gasteiger partial charge on any atom is 0.161 e. The van der Waals surface area contributed by atoms with Crippen LogP contribution in [-0.4, -0.2) is 16.5 Å². The van der Waals surface area contributed by atoms with Crippen molar-refractivity contribution in [1.82, 2.24) is 9.97 Å². The molecule has 0 fully saturated rings. The Balaban J connectivity index is 2.38. The van der Waals surface area contributed by atoms with Crippen LogP contribution in [0.4, 0.5) is 5.82 Å². The molecule has 0 aliphatic rings. The second-order valence-corrected chi connectivity index (χ2v) is 5.29. The molecule has 2 rings (SSSR count). The largest absolute Gasteiger partial charge is 0.369 e. The first-order chi connectivity index (χ1) is 8.72. The van der Waals surface area contributed by atoms with Crippen LogP contribution in [0.25, 0.3) is 11.4 Å². The van der Waals surface area contributed by atoms with Gasteiger partial charge in [0.05, 0.1) is 3.57 Å². The molecule has 1 aromatic carbocycles. The number of halogens is 1. The zero-order valence-electron chi connectivity index (χ0n) is 10.6. The summed E-state index contributed by atoms with van der Waals surface area (Å²) < 4.78 is 1.05. The Kier molecular flexibility index (Phi) is 4.52. The quantitative estimate of drug-likeness (QED) is 0.848. The summed E-state index contributed by atoms with van der Waals surface area (Å²) in [6.07, 6.45) is 2.95. The molecule has 1 aromatic heterocycles. The predicted molar refractivity (Wildman–Crippen MR) is 83.7 cm³/mol. The lowest BCUT2D eigenvalue weighted by atomic mass is 10.1. The third kappa shape index (κ3) is 2.98. The molecular weight excluding hydrogens is 337 g/mol. The summed E-state index contributed by atoms with van der Waals surface area (Å²) in [6.45, 7) is 5.15. The van der Waals surface area contributed by atoms with Gasteiger partial charge in [0.2, 0.25) is 0 Å². The topological polar surface area (TPSA) is 37.8 Å². The minimum Gasteiger partial charge on any atom is -0.369 e. The molecule has 0 bridgehead atoms. The fraction of sp³-hybridized carbons (Fsp3) is 0.286. The molecule has 1 heterocycles. The van der Waals surface area contributed by atoms with Crippen molar-refractivity contribution in [3.63, 3.8) is 0 Å². The van der Waals surface area contributed by atoms with Gasteiger partial charge in [-0.3, -0.25) is 0 Å². The molecule has 0 saturated heterocycles. The van der Waals surface area contributed by atoms with Crippen molar-refractivity contribution in [1.29, 1.82) is 0 Å². The molecule has 94 valence electrons. The summed E-state index contributed by atoms with van der Waals surface area (Å²) in [5, 5.41) is 3.33. The molecule has 4 heteroatoms. The molecule has 0 unspecified atom stereocenters. The minimum atomic E-state index is 0.784. The fourth-order valence-electron chi connectivity index (χ4n) is 1.69. The van der Waals surface area contributed by atoms with Crippen LogP contribution in [0.2, 0.25) is 0 Å². The monoisotopic (exact) mass is 353 g/mol. The number of benzene rings is 1. The number of aromatic nitrogens is 2. The van der Waals surface area contributed by atoms with E-state index in [1.807, 2.05) is 18.3 Å². The van der Waals surface area contributed by atoms with Gasteiger partial charge in [0.15, 0.2) is 5.82 Å². The van der Waals surface area contributed by atoms with Gasteiger partial charge >= 0.3 is 0 Å². The average Bonchev–Trinajstić information content (AvgIpc) is 2.39. The standard InChI is InChI=1S/C14H16IN3/c1-3-8-16-14-12(15)9-17-13(18-14)11-7-5-4-6-10(11)2/h4-7,9H,3,8H2,1-2H3,(H,16,17,18). The van der Waals surface area contributed by atoms with Gasteiger partial charge in [-0.15, -0.1) is 0 Å². The van der Waals surface area contributed by atoms with Crippen molar-refractivity contribution in [3.05, 3.63) is 39.6 Å². The van der Waals surface area contributed by atoms with Crippen molar-refractivity contribution < 1.29 is 0 Å². The summed E-state index contributed by atoms with van der Waals surface area (Å²) >= 11 is 2.26. The van der Waals surface area contributed by atoms with Gasteiger partial charge in [-0.05, 0) is 41.5 Å². The fourth-order valence-corrected chi connectivity index (χ4v) is 2.14. The number of nitrogens with one attached hydrogen (secondary N) is 1. The molecule has 18 heavy (non-hydrogen) atoms. The summed E-state index contributed by atoms with van der Waals surface area (Å²) in [7, 11) is 0. The lowest BCUT2D eigenvalue weighted by Gasteiger charge is -2.09. The Morgan fingerprint density at radius 2 is 2.06 bits per heavy atom. The highest BCUT2D eigenvalue weighted by molar-refractivity contribution is 14.1. The highest BCUT2D eigenvalue weighted by Crippen LogP contribution is 2.22. The van der Waals surface area contributed by atoms with Crippen molar-refractivity contribution >= 4 is 28.4 Å². The first kappa shape index (κ1) is 13.3. The van der Waals surface area contributed by atoms with Crippen LogP contribution in [0.5, 0.6) is 0 Å². The van der Waals surface area contributed by atoms with Crippen LogP contribution in [0.3, 0.4) is 0 Å². The molecule has 0 radical (unpaired) electrons. The summed E-state index contributed by atoms with van der Waals surface area (Å²) in [5.41, 5.74) is 2.29. The lowest BCUT2D eigenvalue weighted by Crippen LogP contribution is -2.05. The second kappa shape index (κ2) is 6.13. The van der Waals surface area contributed by atoms with Crippen molar-refractivity contribution in [2.45, 2.75) is 20.3 Å². The molecule has 0 spiro atoms. The average molecular weight is 353 g/mol. The maximum atomic E-state index is 4.61. The number of aryl methyl sites for hydroxylation is 1. The van der Waals surface area contributed by atoms with Crippen LogP contribution < -0.4 is 5.32 Å². The third-order valence-electron chi connectivity index (χ3n) is 2.67. The first-order valence-electron chi connectivity index (χ1n) is 6.04. The minimum absolute atomic E-state index is 0.784. The van der Waals surface area contributed by atoms with Gasteiger partial charge in [-0.2, -0.15) is 0 Å². The summed E-state index contributed by atoms with van der Waals surface area (Å²) in [4.78, 5) is 9.03. The second-order valence-electron chi connectivity index (χ2n) is 4.13. The SMILES string of the molecule is CCCNc1nc(-c2ccccc2C)ncc1I. The van der Waals surface area contributed by atoms with Crippen molar-refractivity contribution in [3.8, 4) is 11.4 Å². The predicted octanol–water partition coefficient (Wildman–Crippen LogP) is 3.88. The maximum absolute atomic E-state index is 4.61. The molecule has 0 aliphatic heterocycles. The first-order valence-corrected chi connectivity index (χ1v) is 7.12. The Labute approximate surface area is 121 Å². The van der Waals surface area contributed by atoms with E-state index in [-0.39, 0.29) is 0 Å². The molecular formula is C14H16IN3. The van der Waals surface area contributed by atoms with Gasteiger partial charge in [0.1, 0.15) is 5.82 Å². The van der Waals surface area contributed by atoms with Crippen LogP contribution in [0.1, 0.15) is 18.9 Å². The lowest BCUT2D eigenvalue weighted by molar-refractivity contribution is 0.963. The van der Waals surface area contributed by atoms with E-state index in [4.69, 9.17) is 0 Å². The van der Waals surface area contributed by atoms with Crippen LogP contribution in [0.15, 0.2) is 30.5 Å². The molecule has 0 aliphatic carbocycles. The number of rotatable bonds is 4. The Bertz CT molecular complexity index is 540. The Morgan fingerprint density at radius 3 is 2.78 bits per heavy atom. The third-order valence-corrected chi connectivity index (χ3v) is 3.46. The number of anilines is 1. The normalized spacial score (nSPS) is 10.4. The Hall–Kier alpha value is -1.17. The van der Waals surface area contributed by atoms with Crippen LogP contribution >= 0.6 is 22.6 Å². The van der Waals surface area contributed by atoms with E-state index in [1.54, 1.807) is 0 Å². The Morgan fingerprint density at radius 1 is 1.28 bits per heavy atom. The van der Waals surface area contributed by atoms with Gasteiger partial charge in [0.25, 0.3) is 0 Å². The van der Waals surface area contributed by atoms with Gasteiger partial charge in [0, 0.05) is 18.3 Å². The zero-order chi connectivity index (χ0) is 13.0. The molecule has 2 aromatic rings. The van der Waals surface area contributed by atoms with E-state index >= 15 is 0 Å². The van der Waals surface area contributed by atoms with Crippen molar-refractivity contribution in [2.75, 3.05) is 11.9 Å². The van der Waals surface area contributed by atoms with Gasteiger partial charge < -0.3 is 5.32 Å². The highest BCUT2D eigenvalue weighted by Gasteiger charge is 2.08. The van der Waals surface area contributed by atoms with E-state index in [0.717, 1.165) is 33.7 Å². The van der Waals surface area contributed by atoms with E-state index in [0.29, 0.717) is 0 Å². The van der Waals surface area contributed by atoms with Gasteiger partial charge in [-0.25, -0.2) is 9.97 Å². The summed E-state index contributed by atoms with van der Waals surface area (Å²) in [6, 6.07) is 8.18. The summed E-state index contributed by atoms with van der Waals surface area (Å²) in [5.74, 6) is 1.71. The molecule has 0 saturated carbocycles. The van der Waals surface area contributed by atoms with E-state index in [2.05, 4.69) is 63.9 Å². The van der Waals surface area contributed by atoms with Gasteiger partial charge in [-0.1, -0.05) is 31.2 Å². The molecule has 1 N–H and O–H groups in total. The van der Waals surface area contributed by atoms with E-state index in [9.17, 15) is 0 Å². The number of hydrogen-bond donors (Lipinski definition) is 1. The van der Waals surface area contributed by atoms with Crippen LogP contribution in [0, 0.1) is 10.5 Å². The van der Waals surface area contributed by atoms with Crippen LogP contribution in [-0.2, 0) is 0 Å². The molecule has 3 nitrogen and oxygen atoms in total. The van der Waals surface area contributed by atoms with Crippen molar-refractivity contribution in [2.24, 2.45) is 0 Å². The van der Waals surface area contributed by atoms with E-state index in [1.165, 1.54) is 5.56 Å². The smallest absolute Gasteiger partial charge is 0.161 e. The molecule has 0 amide bonds. The zero-order valence-corrected chi connectivity index (χ0v) is 12.7. The highest BCUT2D eigenvalue weighted by atomic mass is 127.